The van der Waals surface area contributed by atoms with Crippen LogP contribution in [-0.2, 0) is 15.2 Å². The third kappa shape index (κ3) is 1.58. The number of carbonyl (C=O) groups is 3. The molecule has 2 rings (SSSR count). The minimum atomic E-state index is -2.36. The molecule has 4 amide bonds. The molecule has 0 unspecified atom stereocenters. The number of barbiturate groups is 1. The molecule has 0 radical (unpaired) electrons. The van der Waals surface area contributed by atoms with Gasteiger partial charge in [-0.05, 0) is 12.5 Å². The summed E-state index contributed by atoms with van der Waals surface area (Å²) in [5.41, 5.74) is -1.63. The monoisotopic (exact) mass is 234 g/mol. The van der Waals surface area contributed by atoms with Crippen molar-refractivity contribution in [3.8, 4) is 0 Å². The van der Waals surface area contributed by atoms with Gasteiger partial charge in [0.25, 0.3) is 11.8 Å². The van der Waals surface area contributed by atoms with E-state index >= 15 is 0 Å². The average Bonchev–Trinajstić information content (AvgIpc) is 2.26. The fourth-order valence-electron chi connectivity index (χ4n) is 1.74. The Labute approximate surface area is 96.6 Å². The molecule has 1 fully saturated rings. The van der Waals surface area contributed by atoms with Crippen LogP contribution in [0.1, 0.15) is 11.1 Å². The van der Waals surface area contributed by atoms with Crippen LogP contribution in [0.4, 0.5) is 4.79 Å². The minimum Gasteiger partial charge on any atom is -0.368 e. The van der Waals surface area contributed by atoms with Crippen molar-refractivity contribution in [2.24, 2.45) is 0 Å². The van der Waals surface area contributed by atoms with Gasteiger partial charge in [-0.2, -0.15) is 0 Å². The number of hydrogen-bond donors (Lipinski definition) is 3. The molecule has 1 aliphatic rings. The maximum absolute atomic E-state index is 11.6. The predicted molar refractivity (Wildman–Crippen MR) is 56.8 cm³/mol. The van der Waals surface area contributed by atoms with E-state index in [-0.39, 0.29) is 5.56 Å². The largest absolute Gasteiger partial charge is 0.368 e. The van der Waals surface area contributed by atoms with Crippen LogP contribution in [-0.4, -0.2) is 23.0 Å². The zero-order chi connectivity index (χ0) is 12.6. The molecule has 1 heterocycles. The number of nitrogens with one attached hydrogen (secondary N) is 2. The van der Waals surface area contributed by atoms with Crippen LogP contribution in [0, 0.1) is 6.92 Å². The zero-order valence-corrected chi connectivity index (χ0v) is 8.98. The summed E-state index contributed by atoms with van der Waals surface area (Å²) in [6.07, 6.45) is 0. The van der Waals surface area contributed by atoms with E-state index in [1.807, 2.05) is 10.6 Å². The molecule has 1 aromatic rings. The van der Waals surface area contributed by atoms with E-state index in [0.29, 0.717) is 5.56 Å². The standard InChI is InChI=1S/C11H10N2O4/c1-6-4-2-3-5-7(6)11(17)8(14)12-10(16)13-9(11)15/h2-5,17H,1H3,(H2,12,13,14,15,16). The summed E-state index contributed by atoms with van der Waals surface area (Å²) in [5.74, 6) is -2.08. The highest BCUT2D eigenvalue weighted by atomic mass is 16.3. The van der Waals surface area contributed by atoms with Crippen LogP contribution in [0.3, 0.4) is 0 Å². The van der Waals surface area contributed by atoms with Gasteiger partial charge < -0.3 is 5.11 Å². The summed E-state index contributed by atoms with van der Waals surface area (Å²) >= 11 is 0. The van der Waals surface area contributed by atoms with E-state index in [9.17, 15) is 19.5 Å². The number of imide groups is 2. The number of urea groups is 1. The average molecular weight is 234 g/mol. The fraction of sp³-hybridized carbons (Fsp3) is 0.182. The topological polar surface area (TPSA) is 95.5 Å². The first-order valence-corrected chi connectivity index (χ1v) is 4.91. The molecule has 88 valence electrons. The van der Waals surface area contributed by atoms with E-state index in [4.69, 9.17) is 0 Å². The summed E-state index contributed by atoms with van der Waals surface area (Å²) in [6, 6.07) is 5.50. The Bertz CT molecular complexity index is 504. The maximum Gasteiger partial charge on any atom is 0.328 e. The first-order chi connectivity index (χ1) is 7.96. The molecular weight excluding hydrogens is 224 g/mol. The Morgan fingerprint density at radius 3 is 2.12 bits per heavy atom. The normalized spacial score (nSPS) is 18.6. The molecule has 0 atom stereocenters. The Kier molecular flexibility index (Phi) is 2.44. The number of rotatable bonds is 1. The molecule has 0 aliphatic carbocycles. The third-order valence-corrected chi connectivity index (χ3v) is 2.65. The van der Waals surface area contributed by atoms with Gasteiger partial charge in [0.05, 0.1) is 0 Å². The molecular formula is C11H10N2O4. The van der Waals surface area contributed by atoms with Crippen molar-refractivity contribution in [3.05, 3.63) is 35.4 Å². The molecule has 6 nitrogen and oxygen atoms in total. The van der Waals surface area contributed by atoms with Gasteiger partial charge >= 0.3 is 6.03 Å². The summed E-state index contributed by atoms with van der Waals surface area (Å²) in [5, 5.41) is 13.9. The fourth-order valence-corrected chi connectivity index (χ4v) is 1.74. The molecule has 6 heteroatoms. The lowest BCUT2D eigenvalue weighted by Crippen LogP contribution is -2.64. The first-order valence-electron chi connectivity index (χ1n) is 4.91. The lowest BCUT2D eigenvalue weighted by Gasteiger charge is -2.30. The third-order valence-electron chi connectivity index (χ3n) is 2.65. The van der Waals surface area contributed by atoms with Crippen molar-refractivity contribution in [2.75, 3.05) is 0 Å². The predicted octanol–water partition coefficient (Wildman–Crippen LogP) is -0.451. The van der Waals surface area contributed by atoms with Crippen LogP contribution < -0.4 is 10.6 Å². The SMILES string of the molecule is Cc1ccccc1C1(O)C(=O)NC(=O)NC1=O. The minimum absolute atomic E-state index is 0.155. The number of aliphatic hydroxyl groups is 1. The number of amides is 4. The lowest BCUT2D eigenvalue weighted by atomic mass is 9.87. The quantitative estimate of drug-likeness (QED) is 0.573. The number of benzene rings is 1. The zero-order valence-electron chi connectivity index (χ0n) is 8.98. The second-order valence-corrected chi connectivity index (χ2v) is 3.76. The van der Waals surface area contributed by atoms with E-state index in [1.165, 1.54) is 6.07 Å². The molecule has 1 aliphatic heterocycles. The molecule has 1 saturated heterocycles. The Hall–Kier alpha value is -2.21. The van der Waals surface area contributed by atoms with Crippen LogP contribution >= 0.6 is 0 Å². The van der Waals surface area contributed by atoms with Gasteiger partial charge in [0.2, 0.25) is 5.60 Å². The summed E-state index contributed by atoms with van der Waals surface area (Å²) < 4.78 is 0. The van der Waals surface area contributed by atoms with Crippen LogP contribution in [0.15, 0.2) is 24.3 Å². The Morgan fingerprint density at radius 1 is 1.06 bits per heavy atom. The molecule has 0 saturated carbocycles. The molecule has 0 spiro atoms. The van der Waals surface area contributed by atoms with Crippen molar-refractivity contribution in [1.29, 1.82) is 0 Å². The molecule has 0 bridgehead atoms. The molecule has 3 N–H and O–H groups in total. The second kappa shape index (κ2) is 3.67. The first kappa shape index (κ1) is 11.3. The smallest absolute Gasteiger partial charge is 0.328 e. The highest BCUT2D eigenvalue weighted by molar-refractivity contribution is 6.21. The van der Waals surface area contributed by atoms with Gasteiger partial charge in [0, 0.05) is 5.56 Å². The van der Waals surface area contributed by atoms with E-state index in [0.717, 1.165) is 0 Å². The van der Waals surface area contributed by atoms with Crippen LogP contribution in [0.2, 0.25) is 0 Å². The highest BCUT2D eigenvalue weighted by Crippen LogP contribution is 2.26. The van der Waals surface area contributed by atoms with E-state index in [1.54, 1.807) is 25.1 Å². The maximum atomic E-state index is 11.6. The number of hydrogen-bond acceptors (Lipinski definition) is 4. The van der Waals surface area contributed by atoms with Crippen molar-refractivity contribution < 1.29 is 19.5 Å². The van der Waals surface area contributed by atoms with Crippen molar-refractivity contribution >= 4 is 17.8 Å². The van der Waals surface area contributed by atoms with Gasteiger partial charge in [-0.15, -0.1) is 0 Å². The second-order valence-electron chi connectivity index (χ2n) is 3.76. The van der Waals surface area contributed by atoms with E-state index < -0.39 is 23.4 Å². The number of aryl methyl sites for hydroxylation is 1. The van der Waals surface area contributed by atoms with Gasteiger partial charge in [0.15, 0.2) is 0 Å². The summed E-state index contributed by atoms with van der Waals surface area (Å²) in [4.78, 5) is 34.2. The van der Waals surface area contributed by atoms with Crippen molar-refractivity contribution in [1.82, 2.24) is 10.6 Å². The van der Waals surface area contributed by atoms with Crippen molar-refractivity contribution in [2.45, 2.75) is 12.5 Å². The highest BCUT2D eigenvalue weighted by Gasteiger charge is 2.51. The van der Waals surface area contributed by atoms with Gasteiger partial charge in [-0.25, -0.2) is 4.79 Å². The van der Waals surface area contributed by atoms with Crippen LogP contribution in [0.25, 0.3) is 0 Å². The molecule has 0 aromatic heterocycles. The lowest BCUT2D eigenvalue weighted by molar-refractivity contribution is -0.155. The summed E-state index contributed by atoms with van der Waals surface area (Å²) in [6.45, 7) is 1.66. The van der Waals surface area contributed by atoms with Crippen molar-refractivity contribution in [3.63, 3.8) is 0 Å². The Morgan fingerprint density at radius 2 is 1.59 bits per heavy atom. The van der Waals surface area contributed by atoms with Crippen LogP contribution in [0.5, 0.6) is 0 Å². The Balaban J connectivity index is 2.55. The van der Waals surface area contributed by atoms with Gasteiger partial charge in [-0.1, -0.05) is 24.3 Å². The van der Waals surface area contributed by atoms with Gasteiger partial charge in [-0.3, -0.25) is 20.2 Å². The van der Waals surface area contributed by atoms with E-state index in [2.05, 4.69) is 0 Å². The summed E-state index contributed by atoms with van der Waals surface area (Å²) in [7, 11) is 0. The molecule has 17 heavy (non-hydrogen) atoms. The number of carbonyl (C=O) groups excluding carboxylic acids is 3. The molecule has 1 aromatic carbocycles. The van der Waals surface area contributed by atoms with Gasteiger partial charge in [0.1, 0.15) is 0 Å².